The highest BCUT2D eigenvalue weighted by molar-refractivity contribution is 9.10. The molecule has 1 saturated heterocycles. The number of benzene rings is 1. The van der Waals surface area contributed by atoms with Crippen LogP contribution < -0.4 is 0 Å². The maximum absolute atomic E-state index is 10.1. The fraction of sp³-hybridized carbons (Fsp3) is 0.538. The Morgan fingerprint density at radius 1 is 1.38 bits per heavy atom. The fourth-order valence-corrected chi connectivity index (χ4v) is 4.29. The second-order valence-electron chi connectivity index (χ2n) is 4.83. The summed E-state index contributed by atoms with van der Waals surface area (Å²) in [6.45, 7) is 0. The van der Waals surface area contributed by atoms with Crippen LogP contribution in [0.1, 0.15) is 36.3 Å². The fourth-order valence-electron chi connectivity index (χ4n) is 2.33. The molecule has 1 N–H and O–H groups in total. The summed E-state index contributed by atoms with van der Waals surface area (Å²) < 4.78 is 1.18. The van der Waals surface area contributed by atoms with Crippen molar-refractivity contribution in [2.75, 3.05) is 11.5 Å². The molecule has 1 aromatic rings. The van der Waals surface area contributed by atoms with Gasteiger partial charge in [-0.2, -0.15) is 11.8 Å². The van der Waals surface area contributed by atoms with Crippen LogP contribution in [0.2, 0.25) is 0 Å². The van der Waals surface area contributed by atoms with Crippen LogP contribution in [-0.2, 0) is 5.60 Å². The molecule has 1 unspecified atom stereocenters. The summed E-state index contributed by atoms with van der Waals surface area (Å²) in [7, 11) is 0. The monoisotopic (exact) mass is 298 g/mol. The summed E-state index contributed by atoms with van der Waals surface area (Å²) in [4.78, 5) is 0. The van der Waals surface area contributed by atoms with Crippen molar-refractivity contribution in [2.24, 2.45) is 0 Å². The molecule has 0 radical (unpaired) electrons. The quantitative estimate of drug-likeness (QED) is 0.899. The lowest BCUT2D eigenvalue weighted by Gasteiger charge is -2.15. The zero-order valence-corrected chi connectivity index (χ0v) is 11.5. The van der Waals surface area contributed by atoms with Crippen molar-refractivity contribution in [1.82, 2.24) is 0 Å². The number of hydrogen-bond donors (Lipinski definition) is 1. The maximum Gasteiger partial charge on any atom is 0.0899 e. The molecule has 1 saturated carbocycles. The van der Waals surface area contributed by atoms with E-state index in [-0.39, 0.29) is 0 Å². The Kier molecular flexibility index (Phi) is 2.81. The summed E-state index contributed by atoms with van der Waals surface area (Å²) in [5.41, 5.74) is 1.98. The van der Waals surface area contributed by atoms with Gasteiger partial charge in [-0.1, -0.05) is 28.1 Å². The molecule has 3 heteroatoms. The van der Waals surface area contributed by atoms with E-state index in [4.69, 9.17) is 0 Å². The zero-order valence-electron chi connectivity index (χ0n) is 9.08. The molecule has 3 rings (SSSR count). The topological polar surface area (TPSA) is 20.2 Å². The lowest BCUT2D eigenvalue weighted by molar-refractivity contribution is 0.151. The average molecular weight is 299 g/mol. The lowest BCUT2D eigenvalue weighted by Crippen LogP contribution is -2.05. The predicted molar refractivity (Wildman–Crippen MR) is 72.0 cm³/mol. The minimum Gasteiger partial charge on any atom is -0.385 e. The Balaban J connectivity index is 1.90. The molecule has 0 amide bonds. The van der Waals surface area contributed by atoms with Crippen molar-refractivity contribution in [3.8, 4) is 0 Å². The summed E-state index contributed by atoms with van der Waals surface area (Å²) in [5, 5.41) is 10.1. The van der Waals surface area contributed by atoms with E-state index in [9.17, 15) is 5.11 Å². The van der Waals surface area contributed by atoms with Crippen LogP contribution >= 0.6 is 27.7 Å². The molecule has 86 valence electrons. The van der Waals surface area contributed by atoms with Gasteiger partial charge in [0.15, 0.2) is 0 Å². The summed E-state index contributed by atoms with van der Waals surface area (Å²) >= 11 is 5.69. The van der Waals surface area contributed by atoms with Crippen molar-refractivity contribution < 1.29 is 5.11 Å². The zero-order chi connectivity index (χ0) is 11.2. The second kappa shape index (κ2) is 4.04. The third-order valence-electron chi connectivity index (χ3n) is 3.63. The number of rotatable bonds is 2. The van der Waals surface area contributed by atoms with Gasteiger partial charge in [-0.3, -0.25) is 0 Å². The van der Waals surface area contributed by atoms with Crippen molar-refractivity contribution >= 4 is 27.7 Å². The molecule has 1 heterocycles. The molecular weight excluding hydrogens is 284 g/mol. The predicted octanol–water partition coefficient (Wildman–Crippen LogP) is 3.65. The molecule has 1 aromatic carbocycles. The van der Waals surface area contributed by atoms with Gasteiger partial charge in [0, 0.05) is 10.2 Å². The summed E-state index contributed by atoms with van der Waals surface area (Å²) in [5.74, 6) is 3.22. The Bertz CT molecular complexity index is 408. The first-order valence-corrected chi connectivity index (χ1v) is 7.74. The molecule has 2 fully saturated rings. The van der Waals surface area contributed by atoms with E-state index >= 15 is 0 Å². The van der Waals surface area contributed by atoms with Crippen LogP contribution in [0.5, 0.6) is 0 Å². The summed E-state index contributed by atoms with van der Waals surface area (Å²) in [6.07, 6.45) is 3.11. The van der Waals surface area contributed by atoms with Gasteiger partial charge in [-0.05, 0) is 48.1 Å². The number of halogens is 1. The van der Waals surface area contributed by atoms with Gasteiger partial charge >= 0.3 is 0 Å². The van der Waals surface area contributed by atoms with Gasteiger partial charge in [0.2, 0.25) is 0 Å². The Morgan fingerprint density at radius 3 is 2.75 bits per heavy atom. The maximum atomic E-state index is 10.1. The highest BCUT2D eigenvalue weighted by Crippen LogP contribution is 2.47. The standard InChI is InChI=1S/C13H15BrOS/c14-12-7-10(13(15)4-5-13)1-2-11(12)9-3-6-16-8-9/h1-2,7,9,15H,3-6,8H2. The molecule has 16 heavy (non-hydrogen) atoms. The van der Waals surface area contributed by atoms with Gasteiger partial charge < -0.3 is 5.11 Å². The van der Waals surface area contributed by atoms with Crippen molar-refractivity contribution in [2.45, 2.75) is 30.8 Å². The molecule has 0 bridgehead atoms. The first-order valence-electron chi connectivity index (χ1n) is 5.79. The third-order valence-corrected chi connectivity index (χ3v) is 5.48. The van der Waals surface area contributed by atoms with E-state index < -0.39 is 5.60 Å². The van der Waals surface area contributed by atoms with Crippen LogP contribution in [-0.4, -0.2) is 16.6 Å². The van der Waals surface area contributed by atoms with E-state index in [2.05, 4.69) is 34.1 Å². The van der Waals surface area contributed by atoms with Gasteiger partial charge in [-0.15, -0.1) is 0 Å². The van der Waals surface area contributed by atoms with Crippen molar-refractivity contribution in [3.63, 3.8) is 0 Å². The minimum absolute atomic E-state index is 0.508. The highest BCUT2D eigenvalue weighted by Gasteiger charge is 2.42. The molecular formula is C13H15BrOS. The van der Waals surface area contributed by atoms with E-state index in [0.717, 1.165) is 18.4 Å². The SMILES string of the molecule is OC1(c2ccc(C3CCSC3)c(Br)c2)CC1. The third kappa shape index (κ3) is 1.93. The van der Waals surface area contributed by atoms with Gasteiger partial charge in [0.05, 0.1) is 5.60 Å². The van der Waals surface area contributed by atoms with E-state index in [1.165, 1.54) is 28.0 Å². The number of thioether (sulfide) groups is 1. The number of hydrogen-bond acceptors (Lipinski definition) is 2. The van der Waals surface area contributed by atoms with Gasteiger partial charge in [0.1, 0.15) is 0 Å². The second-order valence-corrected chi connectivity index (χ2v) is 6.83. The van der Waals surface area contributed by atoms with Crippen LogP contribution in [0, 0.1) is 0 Å². The number of aliphatic hydroxyl groups is 1. The molecule has 0 spiro atoms. The van der Waals surface area contributed by atoms with E-state index in [1.807, 2.05) is 11.8 Å². The minimum atomic E-state index is -0.508. The molecule has 2 aliphatic rings. The van der Waals surface area contributed by atoms with Crippen LogP contribution in [0.3, 0.4) is 0 Å². The largest absolute Gasteiger partial charge is 0.385 e. The summed E-state index contributed by atoms with van der Waals surface area (Å²) in [6, 6.07) is 6.42. The molecule has 1 aliphatic heterocycles. The van der Waals surface area contributed by atoms with Crippen molar-refractivity contribution in [3.05, 3.63) is 33.8 Å². The normalized spacial score (nSPS) is 27.0. The highest BCUT2D eigenvalue weighted by atomic mass is 79.9. The smallest absolute Gasteiger partial charge is 0.0899 e. The van der Waals surface area contributed by atoms with Gasteiger partial charge in [0.25, 0.3) is 0 Å². The van der Waals surface area contributed by atoms with Crippen LogP contribution in [0.25, 0.3) is 0 Å². The molecule has 0 aromatic heterocycles. The first-order chi connectivity index (χ1) is 7.69. The van der Waals surface area contributed by atoms with Crippen LogP contribution in [0.15, 0.2) is 22.7 Å². The lowest BCUT2D eigenvalue weighted by atomic mass is 9.96. The Morgan fingerprint density at radius 2 is 2.19 bits per heavy atom. The molecule has 1 atom stereocenters. The molecule has 1 aliphatic carbocycles. The van der Waals surface area contributed by atoms with Crippen LogP contribution in [0.4, 0.5) is 0 Å². The Hall–Kier alpha value is 0.01000. The van der Waals surface area contributed by atoms with Crippen molar-refractivity contribution in [1.29, 1.82) is 0 Å². The van der Waals surface area contributed by atoms with E-state index in [1.54, 1.807) is 0 Å². The van der Waals surface area contributed by atoms with E-state index in [0.29, 0.717) is 5.92 Å². The first kappa shape index (κ1) is 11.1. The average Bonchev–Trinajstić information content (AvgIpc) is 2.82. The Labute approximate surface area is 109 Å². The molecule has 1 nitrogen and oxygen atoms in total. The van der Waals surface area contributed by atoms with Gasteiger partial charge in [-0.25, -0.2) is 0 Å².